The van der Waals surface area contributed by atoms with Crippen LogP contribution in [-0.2, 0) is 0 Å². The van der Waals surface area contributed by atoms with E-state index in [9.17, 15) is 0 Å². The maximum atomic E-state index is 6.33. The number of rotatable bonds is 4. The zero-order valence-electron chi connectivity index (χ0n) is 15.0. The topological polar surface area (TPSA) is 88.8 Å². The molecule has 1 saturated carbocycles. The largest absolute Gasteiger partial charge is 0.393 e. The maximum Gasteiger partial charge on any atom is 0.189 e. The summed E-state index contributed by atoms with van der Waals surface area (Å²) in [6.07, 6.45) is 9.06. The molecule has 1 fully saturated rings. The van der Waals surface area contributed by atoms with Gasteiger partial charge in [-0.2, -0.15) is 0 Å². The summed E-state index contributed by atoms with van der Waals surface area (Å²) < 4.78 is 1.15. The summed E-state index contributed by atoms with van der Waals surface area (Å²) >= 11 is 1.60. The fraction of sp³-hybridized carbons (Fsp3) is 0.421. The predicted molar refractivity (Wildman–Crippen MR) is 109 cm³/mol. The number of aromatic nitrogens is 3. The Balaban J connectivity index is 1.54. The average molecular weight is 369 g/mol. The van der Waals surface area contributed by atoms with E-state index in [1.54, 1.807) is 17.7 Å². The van der Waals surface area contributed by atoms with E-state index < -0.39 is 0 Å². The van der Waals surface area contributed by atoms with Crippen LogP contribution in [0.25, 0.3) is 10.2 Å². The van der Waals surface area contributed by atoms with E-state index in [2.05, 4.69) is 44.6 Å². The van der Waals surface area contributed by atoms with Gasteiger partial charge in [0.2, 0.25) is 0 Å². The van der Waals surface area contributed by atoms with Gasteiger partial charge in [0.1, 0.15) is 12.0 Å². The first-order valence-electron chi connectivity index (χ1n) is 9.20. The number of thiazole rings is 1. The summed E-state index contributed by atoms with van der Waals surface area (Å²) in [7, 11) is 0. The second kappa shape index (κ2) is 7.45. The molecule has 0 aliphatic heterocycles. The SMILES string of the molecule is Cc1ccc2nc(Nc3ncnc(NC4CCCCCC4)c3N)sc2c1. The zero-order valence-corrected chi connectivity index (χ0v) is 15.8. The van der Waals surface area contributed by atoms with Crippen LogP contribution in [0.15, 0.2) is 24.5 Å². The van der Waals surface area contributed by atoms with E-state index in [0.29, 0.717) is 23.4 Å². The second-order valence-electron chi connectivity index (χ2n) is 6.93. The minimum Gasteiger partial charge on any atom is -0.393 e. The number of nitrogens with one attached hydrogen (secondary N) is 2. The third kappa shape index (κ3) is 3.72. The number of hydrogen-bond acceptors (Lipinski definition) is 7. The van der Waals surface area contributed by atoms with Crippen LogP contribution in [0.3, 0.4) is 0 Å². The van der Waals surface area contributed by atoms with E-state index in [-0.39, 0.29) is 0 Å². The average Bonchev–Trinajstić information content (AvgIpc) is 2.84. The number of nitrogens with zero attached hydrogens (tertiary/aromatic N) is 3. The summed E-state index contributed by atoms with van der Waals surface area (Å²) in [5.41, 5.74) is 9.09. The molecule has 1 aliphatic rings. The molecule has 0 saturated heterocycles. The van der Waals surface area contributed by atoms with Crippen LogP contribution in [-0.4, -0.2) is 21.0 Å². The highest BCUT2D eigenvalue weighted by Gasteiger charge is 2.16. The third-order valence-electron chi connectivity index (χ3n) is 4.85. The molecule has 1 aromatic carbocycles. The molecule has 0 spiro atoms. The van der Waals surface area contributed by atoms with E-state index >= 15 is 0 Å². The zero-order chi connectivity index (χ0) is 17.9. The quantitative estimate of drug-likeness (QED) is 0.570. The number of hydrogen-bond donors (Lipinski definition) is 3. The van der Waals surface area contributed by atoms with Gasteiger partial charge in [0, 0.05) is 6.04 Å². The lowest BCUT2D eigenvalue weighted by molar-refractivity contribution is 0.618. The molecule has 0 atom stereocenters. The van der Waals surface area contributed by atoms with Gasteiger partial charge in [-0.25, -0.2) is 15.0 Å². The molecule has 2 heterocycles. The van der Waals surface area contributed by atoms with Crippen molar-refractivity contribution in [3.63, 3.8) is 0 Å². The Morgan fingerprint density at radius 2 is 1.85 bits per heavy atom. The second-order valence-corrected chi connectivity index (χ2v) is 7.96. The van der Waals surface area contributed by atoms with E-state index in [0.717, 1.165) is 15.3 Å². The third-order valence-corrected chi connectivity index (χ3v) is 5.78. The lowest BCUT2D eigenvalue weighted by atomic mass is 10.1. The number of benzene rings is 1. The molecule has 0 unspecified atom stereocenters. The van der Waals surface area contributed by atoms with Crippen LogP contribution in [0, 0.1) is 6.92 Å². The fourth-order valence-electron chi connectivity index (χ4n) is 3.41. The van der Waals surface area contributed by atoms with Gasteiger partial charge in [0.25, 0.3) is 0 Å². The Labute approximate surface area is 157 Å². The van der Waals surface area contributed by atoms with Crippen molar-refractivity contribution in [2.45, 2.75) is 51.5 Å². The normalized spacial score (nSPS) is 15.7. The van der Waals surface area contributed by atoms with Gasteiger partial charge < -0.3 is 16.4 Å². The molecule has 1 aliphatic carbocycles. The minimum absolute atomic E-state index is 0.438. The van der Waals surface area contributed by atoms with Gasteiger partial charge >= 0.3 is 0 Å². The van der Waals surface area contributed by atoms with Crippen LogP contribution in [0.2, 0.25) is 0 Å². The van der Waals surface area contributed by atoms with Crippen molar-refractivity contribution < 1.29 is 0 Å². The molecule has 2 aromatic heterocycles. The molecule has 4 N–H and O–H groups in total. The monoisotopic (exact) mass is 368 g/mol. The van der Waals surface area contributed by atoms with Gasteiger partial charge in [-0.05, 0) is 37.5 Å². The smallest absolute Gasteiger partial charge is 0.189 e. The number of aryl methyl sites for hydroxylation is 1. The van der Waals surface area contributed by atoms with Crippen LogP contribution < -0.4 is 16.4 Å². The lowest BCUT2D eigenvalue weighted by Crippen LogP contribution is -2.20. The standard InChI is InChI=1S/C19H24N6S/c1-12-8-9-14-15(10-12)26-19(24-14)25-18-16(20)17(21-11-22-18)23-13-6-4-2-3-5-7-13/h8-11,13H,2-7,20H2,1H3,(H2,21,22,23,24,25). The van der Waals surface area contributed by atoms with Crippen molar-refractivity contribution in [1.29, 1.82) is 0 Å². The molecule has 7 heteroatoms. The minimum atomic E-state index is 0.438. The fourth-order valence-corrected chi connectivity index (χ4v) is 4.38. The highest BCUT2D eigenvalue weighted by atomic mass is 32.1. The van der Waals surface area contributed by atoms with Gasteiger partial charge in [-0.15, -0.1) is 0 Å². The first-order valence-corrected chi connectivity index (χ1v) is 10.0. The Morgan fingerprint density at radius 3 is 2.65 bits per heavy atom. The number of nitrogen functional groups attached to an aromatic ring is 1. The molecular formula is C19H24N6S. The van der Waals surface area contributed by atoms with E-state index in [4.69, 9.17) is 5.73 Å². The van der Waals surface area contributed by atoms with Crippen molar-refractivity contribution >= 4 is 44.0 Å². The number of anilines is 4. The van der Waals surface area contributed by atoms with E-state index in [1.165, 1.54) is 44.1 Å². The lowest BCUT2D eigenvalue weighted by Gasteiger charge is -2.18. The van der Waals surface area contributed by atoms with Crippen molar-refractivity contribution in [1.82, 2.24) is 15.0 Å². The van der Waals surface area contributed by atoms with Crippen LogP contribution in [0.4, 0.5) is 22.5 Å². The first-order chi connectivity index (χ1) is 12.7. The highest BCUT2D eigenvalue weighted by molar-refractivity contribution is 7.22. The summed E-state index contributed by atoms with van der Waals surface area (Å²) in [4.78, 5) is 13.3. The predicted octanol–water partition coefficient (Wildman–Crippen LogP) is 4.86. The van der Waals surface area contributed by atoms with Gasteiger partial charge in [0.05, 0.1) is 10.2 Å². The molecular weight excluding hydrogens is 344 g/mol. The Morgan fingerprint density at radius 1 is 1.08 bits per heavy atom. The Kier molecular flexibility index (Phi) is 4.88. The molecule has 26 heavy (non-hydrogen) atoms. The van der Waals surface area contributed by atoms with E-state index in [1.807, 2.05) is 6.07 Å². The molecule has 6 nitrogen and oxygen atoms in total. The maximum absolute atomic E-state index is 6.33. The number of fused-ring (bicyclic) bond motifs is 1. The summed E-state index contributed by atoms with van der Waals surface area (Å²) in [6, 6.07) is 6.68. The molecule has 0 bridgehead atoms. The summed E-state index contributed by atoms with van der Waals surface area (Å²) in [6.45, 7) is 2.08. The molecule has 3 aromatic rings. The highest BCUT2D eigenvalue weighted by Crippen LogP contribution is 2.32. The Bertz CT molecular complexity index is 898. The van der Waals surface area contributed by atoms with Crippen molar-refractivity contribution in [2.75, 3.05) is 16.4 Å². The molecule has 0 amide bonds. The Hall–Kier alpha value is -2.41. The molecule has 136 valence electrons. The summed E-state index contributed by atoms with van der Waals surface area (Å²) in [5.74, 6) is 1.32. The van der Waals surface area contributed by atoms with Crippen molar-refractivity contribution in [3.8, 4) is 0 Å². The van der Waals surface area contributed by atoms with Crippen LogP contribution >= 0.6 is 11.3 Å². The van der Waals surface area contributed by atoms with Crippen LogP contribution in [0.5, 0.6) is 0 Å². The molecule has 4 rings (SSSR count). The number of nitrogens with two attached hydrogens (primary N) is 1. The van der Waals surface area contributed by atoms with Crippen LogP contribution in [0.1, 0.15) is 44.1 Å². The van der Waals surface area contributed by atoms with Gasteiger partial charge in [0.15, 0.2) is 16.8 Å². The molecule has 0 radical (unpaired) electrons. The van der Waals surface area contributed by atoms with Crippen molar-refractivity contribution in [3.05, 3.63) is 30.1 Å². The van der Waals surface area contributed by atoms with Crippen molar-refractivity contribution in [2.24, 2.45) is 0 Å². The summed E-state index contributed by atoms with van der Waals surface area (Å²) in [5, 5.41) is 7.57. The first kappa shape index (κ1) is 17.0. The van der Waals surface area contributed by atoms with Gasteiger partial charge in [-0.3, -0.25) is 0 Å². The van der Waals surface area contributed by atoms with Gasteiger partial charge in [-0.1, -0.05) is 43.1 Å².